The predicted octanol–water partition coefficient (Wildman–Crippen LogP) is 1.11. The van der Waals surface area contributed by atoms with E-state index in [0.717, 1.165) is 21.9 Å². The second kappa shape index (κ2) is 5.17. The van der Waals surface area contributed by atoms with Gasteiger partial charge in [0.05, 0.1) is 19.8 Å². The molecule has 0 aliphatic carbocycles. The summed E-state index contributed by atoms with van der Waals surface area (Å²) in [7, 11) is 1.57. The van der Waals surface area contributed by atoms with Crippen molar-refractivity contribution in [2.45, 2.75) is 25.2 Å². The van der Waals surface area contributed by atoms with Crippen molar-refractivity contribution in [1.29, 1.82) is 0 Å². The van der Waals surface area contributed by atoms with E-state index in [1.807, 2.05) is 0 Å². The summed E-state index contributed by atoms with van der Waals surface area (Å²) in [6.07, 6.45) is 2.77. The first kappa shape index (κ1) is 13.0. The molecule has 1 fully saturated rings. The average molecular weight is 376 g/mol. The van der Waals surface area contributed by atoms with Crippen LogP contribution in [0.25, 0.3) is 11.0 Å². The van der Waals surface area contributed by atoms with Crippen LogP contribution in [0, 0.1) is 3.70 Å². The number of aromatic nitrogens is 4. The third kappa shape index (κ3) is 2.17. The molecule has 0 amide bonds. The van der Waals surface area contributed by atoms with Gasteiger partial charge in [0, 0.05) is 0 Å². The van der Waals surface area contributed by atoms with Crippen molar-refractivity contribution in [2.24, 2.45) is 0 Å². The van der Waals surface area contributed by atoms with Crippen LogP contribution < -0.4 is 4.74 Å². The van der Waals surface area contributed by atoms with Gasteiger partial charge in [-0.1, -0.05) is 0 Å². The molecule has 8 heteroatoms. The van der Waals surface area contributed by atoms with E-state index in [9.17, 15) is 0 Å². The maximum Gasteiger partial charge on any atom is 0.228 e. The Morgan fingerprint density at radius 2 is 2.37 bits per heavy atom. The number of methoxy groups -OCH3 is 1. The Hall–Kier alpha value is -1.00. The van der Waals surface area contributed by atoms with Crippen LogP contribution in [0.4, 0.5) is 0 Å². The van der Waals surface area contributed by atoms with Gasteiger partial charge in [0.25, 0.3) is 0 Å². The first-order valence-electron chi connectivity index (χ1n) is 5.93. The van der Waals surface area contributed by atoms with Gasteiger partial charge in [-0.3, -0.25) is 0 Å². The Labute approximate surface area is 123 Å². The number of halogens is 1. The third-order valence-electron chi connectivity index (χ3n) is 3.17. The van der Waals surface area contributed by atoms with E-state index in [1.165, 1.54) is 6.33 Å². The van der Waals surface area contributed by atoms with Gasteiger partial charge in [-0.05, 0) is 35.4 Å². The quantitative estimate of drug-likeness (QED) is 0.809. The summed E-state index contributed by atoms with van der Waals surface area (Å²) in [5.74, 6) is 0.511. The van der Waals surface area contributed by atoms with E-state index in [0.29, 0.717) is 11.5 Å². The van der Waals surface area contributed by atoms with E-state index in [4.69, 9.17) is 14.6 Å². The minimum absolute atomic E-state index is 0.0328. The molecule has 7 nitrogen and oxygen atoms in total. The molecule has 2 atom stereocenters. The molecule has 0 unspecified atom stereocenters. The smallest absolute Gasteiger partial charge is 0.228 e. The van der Waals surface area contributed by atoms with Crippen molar-refractivity contribution in [2.75, 3.05) is 13.7 Å². The zero-order chi connectivity index (χ0) is 13.4. The molecule has 102 valence electrons. The highest BCUT2D eigenvalue weighted by atomic mass is 127. The Morgan fingerprint density at radius 3 is 3.05 bits per heavy atom. The molecular weight excluding hydrogens is 363 g/mol. The number of aliphatic hydroxyl groups excluding tert-OH is 1. The Balaban J connectivity index is 2.06. The first-order chi connectivity index (χ1) is 9.24. The molecule has 0 aromatic carbocycles. The number of ether oxygens (including phenoxy) is 2. The lowest BCUT2D eigenvalue weighted by Gasteiger charge is -2.12. The molecule has 2 aromatic rings. The molecule has 2 aromatic heterocycles. The summed E-state index contributed by atoms with van der Waals surface area (Å²) < 4.78 is 13.5. The second-order valence-electron chi connectivity index (χ2n) is 4.29. The lowest BCUT2D eigenvalue weighted by molar-refractivity contribution is -0.0264. The summed E-state index contributed by atoms with van der Waals surface area (Å²) in [5.41, 5.74) is 0.694. The molecule has 1 aliphatic heterocycles. The minimum atomic E-state index is -0.192. The van der Waals surface area contributed by atoms with Gasteiger partial charge in [0.2, 0.25) is 5.88 Å². The first-order valence-corrected chi connectivity index (χ1v) is 7.01. The Bertz CT molecular complexity index is 603. The molecule has 3 rings (SSSR count). The van der Waals surface area contributed by atoms with Crippen LogP contribution >= 0.6 is 22.6 Å². The number of hydrogen-bond acceptors (Lipinski definition) is 6. The van der Waals surface area contributed by atoms with Crippen LogP contribution in [0.2, 0.25) is 0 Å². The van der Waals surface area contributed by atoms with Gasteiger partial charge < -0.3 is 14.6 Å². The molecule has 0 bridgehead atoms. The zero-order valence-electron chi connectivity index (χ0n) is 10.3. The zero-order valence-corrected chi connectivity index (χ0v) is 12.4. The molecule has 0 radical (unpaired) electrons. The van der Waals surface area contributed by atoms with E-state index < -0.39 is 0 Å². The van der Waals surface area contributed by atoms with Gasteiger partial charge in [-0.25, -0.2) is 14.6 Å². The van der Waals surface area contributed by atoms with Crippen molar-refractivity contribution in [3.05, 3.63) is 10.0 Å². The van der Waals surface area contributed by atoms with E-state index in [2.05, 4.69) is 37.7 Å². The summed E-state index contributed by atoms with van der Waals surface area (Å²) in [4.78, 5) is 8.35. The maximum absolute atomic E-state index is 9.13. The summed E-state index contributed by atoms with van der Waals surface area (Å²) in [5, 5.41) is 14.4. The van der Waals surface area contributed by atoms with Crippen molar-refractivity contribution in [3.8, 4) is 5.88 Å². The van der Waals surface area contributed by atoms with Gasteiger partial charge in [0.15, 0.2) is 11.9 Å². The highest BCUT2D eigenvalue weighted by molar-refractivity contribution is 14.1. The number of rotatable bonds is 3. The molecule has 0 saturated carbocycles. The van der Waals surface area contributed by atoms with E-state index >= 15 is 0 Å². The van der Waals surface area contributed by atoms with Crippen LogP contribution in [0.1, 0.15) is 19.1 Å². The summed E-state index contributed by atoms with van der Waals surface area (Å²) in [6, 6.07) is 0. The fourth-order valence-electron chi connectivity index (χ4n) is 2.26. The molecule has 3 heterocycles. The summed E-state index contributed by atoms with van der Waals surface area (Å²) in [6.45, 7) is 0.0328. The predicted molar refractivity (Wildman–Crippen MR) is 74.8 cm³/mol. The van der Waals surface area contributed by atoms with Crippen molar-refractivity contribution >= 4 is 33.6 Å². The molecule has 19 heavy (non-hydrogen) atoms. The highest BCUT2D eigenvalue weighted by Crippen LogP contribution is 2.33. The van der Waals surface area contributed by atoms with Crippen molar-refractivity contribution in [3.63, 3.8) is 0 Å². The van der Waals surface area contributed by atoms with Gasteiger partial charge in [0.1, 0.15) is 15.4 Å². The van der Waals surface area contributed by atoms with Crippen LogP contribution in [-0.4, -0.2) is 44.7 Å². The monoisotopic (exact) mass is 376 g/mol. The number of aliphatic hydroxyl groups is 1. The third-order valence-corrected chi connectivity index (χ3v) is 3.92. The SMILES string of the molecule is COc1ncnc2c1c(I)nn2[C@H]1CC[C@@H](CO)O1. The lowest BCUT2D eigenvalue weighted by Crippen LogP contribution is -2.15. The largest absolute Gasteiger partial charge is 0.480 e. The average Bonchev–Trinajstić information content (AvgIpc) is 3.03. The van der Waals surface area contributed by atoms with Crippen LogP contribution in [-0.2, 0) is 4.74 Å². The van der Waals surface area contributed by atoms with Gasteiger partial charge >= 0.3 is 0 Å². The molecule has 1 aliphatic rings. The summed E-state index contributed by atoms with van der Waals surface area (Å²) >= 11 is 2.13. The van der Waals surface area contributed by atoms with E-state index in [-0.39, 0.29) is 18.9 Å². The lowest BCUT2D eigenvalue weighted by atomic mass is 10.2. The highest BCUT2D eigenvalue weighted by Gasteiger charge is 2.29. The molecule has 0 spiro atoms. The topological polar surface area (TPSA) is 82.3 Å². The number of nitrogens with zero attached hydrogens (tertiary/aromatic N) is 4. The fourth-order valence-corrected chi connectivity index (χ4v) is 2.97. The van der Waals surface area contributed by atoms with Gasteiger partial charge in [-0.2, -0.15) is 5.10 Å². The number of fused-ring (bicyclic) bond motifs is 1. The van der Waals surface area contributed by atoms with Crippen LogP contribution in [0.15, 0.2) is 6.33 Å². The maximum atomic E-state index is 9.13. The van der Waals surface area contributed by atoms with Crippen molar-refractivity contribution < 1.29 is 14.6 Å². The molecule has 1 saturated heterocycles. The minimum Gasteiger partial charge on any atom is -0.480 e. The standard InChI is InChI=1S/C11H13IN4O3/c1-18-11-8-9(12)15-16(10(8)13-5-14-11)7-3-2-6(4-17)19-7/h5-7,17H,2-4H2,1H3/t6-,7+/m0/s1. The Kier molecular flexibility index (Phi) is 3.54. The Morgan fingerprint density at radius 1 is 1.53 bits per heavy atom. The van der Waals surface area contributed by atoms with E-state index in [1.54, 1.807) is 11.8 Å². The number of hydrogen-bond donors (Lipinski definition) is 1. The fraction of sp³-hybridized carbons (Fsp3) is 0.545. The van der Waals surface area contributed by atoms with Crippen LogP contribution in [0.5, 0.6) is 5.88 Å². The van der Waals surface area contributed by atoms with Gasteiger partial charge in [-0.15, -0.1) is 0 Å². The second-order valence-corrected chi connectivity index (χ2v) is 5.31. The van der Waals surface area contributed by atoms with Crippen LogP contribution in [0.3, 0.4) is 0 Å². The van der Waals surface area contributed by atoms with Crippen molar-refractivity contribution in [1.82, 2.24) is 19.7 Å². The molecular formula is C11H13IN4O3. The normalized spacial score (nSPS) is 23.1. The molecule has 1 N–H and O–H groups in total.